The Morgan fingerprint density at radius 1 is 0.900 bits per heavy atom. The maximum Gasteiger partial charge on any atom is 0.371 e. The van der Waals surface area contributed by atoms with Crippen LogP contribution in [0.4, 0.5) is 0 Å². The van der Waals surface area contributed by atoms with Crippen LogP contribution in [0.1, 0.15) is 32.6 Å². The van der Waals surface area contributed by atoms with E-state index >= 15 is 0 Å². The Morgan fingerprint density at radius 3 is 1.60 bits per heavy atom. The van der Waals surface area contributed by atoms with Gasteiger partial charge in [-0.15, -0.1) is 0 Å². The van der Waals surface area contributed by atoms with E-state index in [0.29, 0.717) is 0 Å². The van der Waals surface area contributed by atoms with Crippen LogP contribution in [0.2, 0.25) is 0 Å². The summed E-state index contributed by atoms with van der Waals surface area (Å²) >= 11 is 0. The van der Waals surface area contributed by atoms with Crippen molar-refractivity contribution in [3.8, 4) is 0 Å². The molecule has 0 aliphatic rings. The monoisotopic (exact) mass is 298 g/mol. The van der Waals surface area contributed by atoms with Crippen molar-refractivity contribution >= 4 is 22.7 Å². The van der Waals surface area contributed by atoms with Gasteiger partial charge in [0, 0.05) is 10.8 Å². The summed E-state index contributed by atoms with van der Waals surface area (Å²) in [5, 5.41) is 17.4. The summed E-state index contributed by atoms with van der Waals surface area (Å²) < 4.78 is 21.8. The fraction of sp³-hybridized carbons (Fsp3) is 0.167. The molecule has 0 amide bonds. The summed E-state index contributed by atoms with van der Waals surface area (Å²) in [7, 11) is -1.40. The van der Waals surface area contributed by atoms with Gasteiger partial charge in [0.05, 0.1) is 11.5 Å². The molecule has 20 heavy (non-hydrogen) atoms. The van der Waals surface area contributed by atoms with Crippen molar-refractivity contribution in [1.82, 2.24) is 0 Å². The van der Waals surface area contributed by atoms with Crippen molar-refractivity contribution < 1.29 is 32.8 Å². The van der Waals surface area contributed by atoms with Crippen LogP contribution in [-0.4, -0.2) is 26.4 Å². The Labute approximate surface area is 115 Å². The van der Waals surface area contributed by atoms with E-state index in [4.69, 9.17) is 19.0 Å². The van der Waals surface area contributed by atoms with E-state index in [0.717, 1.165) is 0 Å². The van der Waals surface area contributed by atoms with Crippen LogP contribution in [-0.2, 0) is 22.3 Å². The Kier molecular flexibility index (Phi) is 4.04. The highest BCUT2D eigenvalue weighted by atomic mass is 32.2. The average molecular weight is 298 g/mol. The molecule has 7 nitrogen and oxygen atoms in total. The molecule has 0 atom stereocenters. The van der Waals surface area contributed by atoms with Gasteiger partial charge < -0.3 is 19.0 Å². The smallest absolute Gasteiger partial charge is 0.371 e. The van der Waals surface area contributed by atoms with Gasteiger partial charge in [0.15, 0.2) is 0 Å². The molecule has 0 spiro atoms. The van der Waals surface area contributed by atoms with Crippen LogP contribution in [0, 0.1) is 0 Å². The molecule has 0 bridgehead atoms. The highest BCUT2D eigenvalue weighted by Gasteiger charge is 2.14. The number of carboxylic acids is 2. The second-order valence-corrected chi connectivity index (χ2v) is 5.33. The highest BCUT2D eigenvalue weighted by molar-refractivity contribution is 7.83. The van der Waals surface area contributed by atoms with Gasteiger partial charge in [-0.3, -0.25) is 4.21 Å². The predicted molar refractivity (Wildman–Crippen MR) is 66.9 cm³/mol. The lowest BCUT2D eigenvalue weighted by atomic mass is 10.4. The lowest BCUT2D eigenvalue weighted by Crippen LogP contribution is -1.98. The molecule has 0 saturated carbocycles. The lowest BCUT2D eigenvalue weighted by Gasteiger charge is -1.97. The Morgan fingerprint density at radius 2 is 1.30 bits per heavy atom. The maximum atomic E-state index is 11.8. The first-order chi connectivity index (χ1) is 9.45. The molecule has 2 rings (SSSR count). The number of aromatic carboxylic acids is 2. The normalized spacial score (nSPS) is 10.8. The zero-order chi connectivity index (χ0) is 14.7. The molecule has 0 radical (unpaired) electrons. The van der Waals surface area contributed by atoms with Crippen LogP contribution in [0.5, 0.6) is 0 Å². The van der Waals surface area contributed by atoms with Crippen LogP contribution in [0.3, 0.4) is 0 Å². The highest BCUT2D eigenvalue weighted by Crippen LogP contribution is 2.14. The standard InChI is InChI=1S/C12H10O7S/c13-11(14)9-3-1-7(18-9)5-20(17)6-8-2-4-10(19-8)12(15)16/h1-4H,5-6H2,(H,13,14)(H,15,16). The van der Waals surface area contributed by atoms with Crippen molar-refractivity contribution in [2.75, 3.05) is 0 Å². The van der Waals surface area contributed by atoms with Gasteiger partial charge in [-0.2, -0.15) is 0 Å². The summed E-state index contributed by atoms with van der Waals surface area (Å²) in [6, 6.07) is 5.44. The number of hydrogen-bond donors (Lipinski definition) is 2. The van der Waals surface area contributed by atoms with Gasteiger partial charge in [-0.1, -0.05) is 0 Å². The summed E-state index contributed by atoms with van der Waals surface area (Å²) in [4.78, 5) is 21.2. The second-order valence-electron chi connectivity index (χ2n) is 3.87. The van der Waals surface area contributed by atoms with Gasteiger partial charge in [0.1, 0.15) is 11.5 Å². The summed E-state index contributed by atoms with van der Waals surface area (Å²) in [5.41, 5.74) is 0. The minimum absolute atomic E-state index is 0.0242. The number of carboxylic acid groups (broad SMARTS) is 2. The van der Waals surface area contributed by atoms with E-state index in [9.17, 15) is 13.8 Å². The fourth-order valence-corrected chi connectivity index (χ4v) is 2.56. The van der Waals surface area contributed by atoms with Crippen molar-refractivity contribution in [3.63, 3.8) is 0 Å². The van der Waals surface area contributed by atoms with Crippen molar-refractivity contribution in [3.05, 3.63) is 47.3 Å². The predicted octanol–water partition coefficient (Wildman–Crippen LogP) is 1.72. The van der Waals surface area contributed by atoms with Crippen LogP contribution in [0.15, 0.2) is 33.1 Å². The molecule has 0 aliphatic heterocycles. The van der Waals surface area contributed by atoms with Crippen LogP contribution >= 0.6 is 0 Å². The van der Waals surface area contributed by atoms with Gasteiger partial charge in [-0.05, 0) is 24.3 Å². The molecule has 0 unspecified atom stereocenters. The molecular weight excluding hydrogens is 288 g/mol. The summed E-state index contributed by atoms with van der Waals surface area (Å²) in [5.74, 6) is -2.21. The molecule has 2 heterocycles. The third-order valence-electron chi connectivity index (χ3n) is 2.35. The Balaban J connectivity index is 1.97. The average Bonchev–Trinajstić information content (AvgIpc) is 2.98. The molecule has 2 N–H and O–H groups in total. The quantitative estimate of drug-likeness (QED) is 0.833. The zero-order valence-corrected chi connectivity index (χ0v) is 10.9. The van der Waals surface area contributed by atoms with Gasteiger partial charge in [0.25, 0.3) is 0 Å². The molecule has 2 aromatic heterocycles. The van der Waals surface area contributed by atoms with Crippen molar-refractivity contribution in [1.29, 1.82) is 0 Å². The number of hydrogen-bond acceptors (Lipinski definition) is 5. The van der Waals surface area contributed by atoms with E-state index in [-0.39, 0.29) is 34.5 Å². The Hall–Kier alpha value is -2.35. The molecular formula is C12H10O7S. The summed E-state index contributed by atoms with van der Waals surface area (Å²) in [6.07, 6.45) is 0. The molecule has 0 aliphatic carbocycles. The van der Waals surface area contributed by atoms with Gasteiger partial charge in [-0.25, -0.2) is 9.59 Å². The largest absolute Gasteiger partial charge is 0.475 e. The van der Waals surface area contributed by atoms with Gasteiger partial charge >= 0.3 is 11.9 Å². The van der Waals surface area contributed by atoms with E-state index in [1.807, 2.05) is 0 Å². The minimum Gasteiger partial charge on any atom is -0.475 e. The second kappa shape index (κ2) is 5.74. The molecule has 0 saturated heterocycles. The van der Waals surface area contributed by atoms with E-state index < -0.39 is 22.7 Å². The number of rotatable bonds is 6. The lowest BCUT2D eigenvalue weighted by molar-refractivity contribution is 0.0651. The first-order valence-electron chi connectivity index (χ1n) is 5.44. The Bertz CT molecular complexity index is 611. The SMILES string of the molecule is O=C(O)c1ccc(CS(=O)Cc2ccc(C(=O)O)o2)o1. The number of carbonyl (C=O) groups is 2. The van der Waals surface area contributed by atoms with E-state index in [1.54, 1.807) is 0 Å². The molecule has 2 aromatic rings. The van der Waals surface area contributed by atoms with Gasteiger partial charge in [0.2, 0.25) is 11.5 Å². The molecule has 106 valence electrons. The maximum absolute atomic E-state index is 11.8. The van der Waals surface area contributed by atoms with Crippen molar-refractivity contribution in [2.24, 2.45) is 0 Å². The third kappa shape index (κ3) is 3.35. The first kappa shape index (κ1) is 14.1. The topological polar surface area (TPSA) is 118 Å². The first-order valence-corrected chi connectivity index (χ1v) is 6.93. The van der Waals surface area contributed by atoms with Crippen molar-refractivity contribution in [2.45, 2.75) is 11.5 Å². The number of furan rings is 2. The van der Waals surface area contributed by atoms with E-state index in [2.05, 4.69) is 0 Å². The zero-order valence-electron chi connectivity index (χ0n) is 10.1. The van der Waals surface area contributed by atoms with Crippen LogP contribution in [0.25, 0.3) is 0 Å². The fourth-order valence-electron chi connectivity index (χ4n) is 1.51. The third-order valence-corrected chi connectivity index (χ3v) is 3.56. The molecule has 0 fully saturated rings. The molecule has 0 aromatic carbocycles. The molecule has 8 heteroatoms. The minimum atomic E-state index is -1.40. The van der Waals surface area contributed by atoms with E-state index in [1.165, 1.54) is 24.3 Å². The van der Waals surface area contributed by atoms with Crippen LogP contribution < -0.4 is 0 Å². The summed E-state index contributed by atoms with van der Waals surface area (Å²) in [6.45, 7) is 0.